The zero-order valence-electron chi connectivity index (χ0n) is 9.74. The van der Waals surface area contributed by atoms with Crippen LogP contribution in [0.25, 0.3) is 10.9 Å². The van der Waals surface area contributed by atoms with Crippen LogP contribution in [0, 0.1) is 6.92 Å². The third kappa shape index (κ3) is 2.15. The van der Waals surface area contributed by atoms with E-state index in [1.54, 1.807) is 0 Å². The summed E-state index contributed by atoms with van der Waals surface area (Å²) in [6, 6.07) is 9.95. The smallest absolute Gasteiger partial charge is 0.224 e. The number of hydrogen-bond acceptors (Lipinski definition) is 3. The summed E-state index contributed by atoms with van der Waals surface area (Å²) in [4.78, 5) is 11.3. The molecule has 3 aromatic rings. The zero-order valence-corrected chi connectivity index (χ0v) is 10.5. The van der Waals surface area contributed by atoms with E-state index in [9.17, 15) is 0 Å². The minimum absolute atomic E-state index is 0.250. The summed E-state index contributed by atoms with van der Waals surface area (Å²) >= 11 is 5.83. The summed E-state index contributed by atoms with van der Waals surface area (Å²) < 4.78 is 0. The van der Waals surface area contributed by atoms with Crippen molar-refractivity contribution in [3.8, 4) is 0 Å². The molecule has 0 amide bonds. The molecule has 18 heavy (non-hydrogen) atoms. The number of aromatic amines is 1. The van der Waals surface area contributed by atoms with Gasteiger partial charge in [0.1, 0.15) is 5.82 Å². The van der Waals surface area contributed by atoms with Crippen LogP contribution in [0.1, 0.15) is 5.69 Å². The number of hydrogen-bond donors (Lipinski definition) is 2. The van der Waals surface area contributed by atoms with Gasteiger partial charge in [0.2, 0.25) is 5.28 Å². The lowest BCUT2D eigenvalue weighted by Gasteiger charge is -2.06. The van der Waals surface area contributed by atoms with Gasteiger partial charge in [-0.1, -0.05) is 0 Å². The van der Waals surface area contributed by atoms with Gasteiger partial charge in [0.05, 0.1) is 0 Å². The number of halogens is 1. The first-order chi connectivity index (χ1) is 8.70. The lowest BCUT2D eigenvalue weighted by atomic mass is 10.2. The molecule has 0 saturated heterocycles. The van der Waals surface area contributed by atoms with Gasteiger partial charge in [-0.2, -0.15) is 0 Å². The zero-order chi connectivity index (χ0) is 12.5. The Morgan fingerprint density at radius 1 is 1.17 bits per heavy atom. The van der Waals surface area contributed by atoms with Crippen LogP contribution in [0.15, 0.2) is 36.5 Å². The molecule has 2 heterocycles. The molecule has 0 spiro atoms. The second kappa shape index (κ2) is 4.31. The van der Waals surface area contributed by atoms with Gasteiger partial charge in [-0.25, -0.2) is 9.97 Å². The quantitative estimate of drug-likeness (QED) is 0.690. The Hall–Kier alpha value is -2.07. The van der Waals surface area contributed by atoms with Gasteiger partial charge < -0.3 is 10.3 Å². The van der Waals surface area contributed by atoms with Crippen molar-refractivity contribution in [2.24, 2.45) is 0 Å². The van der Waals surface area contributed by atoms with Gasteiger partial charge in [0, 0.05) is 34.5 Å². The number of aromatic nitrogens is 3. The molecule has 3 rings (SSSR count). The number of nitrogens with one attached hydrogen (secondary N) is 2. The first-order valence-electron chi connectivity index (χ1n) is 5.56. The summed E-state index contributed by atoms with van der Waals surface area (Å²) in [5, 5.41) is 4.62. The van der Waals surface area contributed by atoms with Crippen molar-refractivity contribution in [3.05, 3.63) is 47.5 Å². The van der Waals surface area contributed by atoms with Gasteiger partial charge in [0.15, 0.2) is 0 Å². The molecular formula is C13H11ClN4. The SMILES string of the molecule is Cc1cc(Nc2ccc3[nH]ccc3c2)nc(Cl)n1. The van der Waals surface area contributed by atoms with Gasteiger partial charge in [0.25, 0.3) is 0 Å². The summed E-state index contributed by atoms with van der Waals surface area (Å²) in [6.07, 6.45) is 1.92. The van der Waals surface area contributed by atoms with Crippen molar-refractivity contribution >= 4 is 34.0 Å². The van der Waals surface area contributed by atoms with E-state index in [2.05, 4.69) is 26.3 Å². The van der Waals surface area contributed by atoms with Crippen LogP contribution in [0.5, 0.6) is 0 Å². The molecule has 4 nitrogen and oxygen atoms in total. The highest BCUT2D eigenvalue weighted by molar-refractivity contribution is 6.28. The molecule has 0 aliphatic heterocycles. The monoisotopic (exact) mass is 258 g/mol. The molecule has 5 heteroatoms. The number of aryl methyl sites for hydroxylation is 1. The summed E-state index contributed by atoms with van der Waals surface area (Å²) in [5.41, 5.74) is 2.91. The number of nitrogens with zero attached hydrogens (tertiary/aromatic N) is 2. The Bertz CT molecular complexity index is 685. The maximum Gasteiger partial charge on any atom is 0.224 e. The average molecular weight is 259 g/mol. The number of H-pyrrole nitrogens is 1. The first kappa shape index (κ1) is 11.0. The Morgan fingerprint density at radius 3 is 2.89 bits per heavy atom. The van der Waals surface area contributed by atoms with Crippen LogP contribution in [0.4, 0.5) is 11.5 Å². The van der Waals surface area contributed by atoms with Gasteiger partial charge in [-0.15, -0.1) is 0 Å². The molecule has 2 N–H and O–H groups in total. The molecule has 0 bridgehead atoms. The molecule has 0 aliphatic carbocycles. The first-order valence-corrected chi connectivity index (χ1v) is 5.94. The molecular weight excluding hydrogens is 248 g/mol. The molecule has 0 atom stereocenters. The van der Waals surface area contributed by atoms with Crippen molar-refractivity contribution in [2.75, 3.05) is 5.32 Å². The van der Waals surface area contributed by atoms with Crippen LogP contribution >= 0.6 is 11.6 Å². The standard InChI is InChI=1S/C13H11ClN4/c1-8-6-12(18-13(14)16-8)17-10-2-3-11-9(7-10)4-5-15-11/h2-7,15H,1H3,(H,16,17,18). The predicted octanol–water partition coefficient (Wildman–Crippen LogP) is 3.66. The van der Waals surface area contributed by atoms with E-state index in [-0.39, 0.29) is 5.28 Å². The van der Waals surface area contributed by atoms with Crippen molar-refractivity contribution in [2.45, 2.75) is 6.92 Å². The second-order valence-corrected chi connectivity index (χ2v) is 4.41. The molecule has 0 radical (unpaired) electrons. The lowest BCUT2D eigenvalue weighted by molar-refractivity contribution is 1.10. The van der Waals surface area contributed by atoms with E-state index in [1.165, 1.54) is 0 Å². The van der Waals surface area contributed by atoms with E-state index in [0.717, 1.165) is 22.3 Å². The van der Waals surface area contributed by atoms with E-state index >= 15 is 0 Å². The summed E-state index contributed by atoms with van der Waals surface area (Å²) in [6.45, 7) is 1.88. The fraction of sp³-hybridized carbons (Fsp3) is 0.0769. The van der Waals surface area contributed by atoms with Crippen LogP contribution < -0.4 is 5.32 Å². The molecule has 90 valence electrons. The summed E-state index contributed by atoms with van der Waals surface area (Å²) in [7, 11) is 0. The second-order valence-electron chi connectivity index (χ2n) is 4.07. The fourth-order valence-corrected chi connectivity index (χ4v) is 2.10. The highest BCUT2D eigenvalue weighted by Gasteiger charge is 2.02. The highest BCUT2D eigenvalue weighted by Crippen LogP contribution is 2.21. The van der Waals surface area contributed by atoms with Crippen molar-refractivity contribution in [1.29, 1.82) is 0 Å². The van der Waals surface area contributed by atoms with Crippen LogP contribution in [0.3, 0.4) is 0 Å². The normalized spacial score (nSPS) is 10.8. The third-order valence-corrected chi connectivity index (χ3v) is 2.82. The summed E-state index contributed by atoms with van der Waals surface area (Å²) in [5.74, 6) is 0.697. The topological polar surface area (TPSA) is 53.6 Å². The molecule has 0 saturated carbocycles. The van der Waals surface area contributed by atoms with Gasteiger partial charge in [-0.3, -0.25) is 0 Å². The third-order valence-electron chi connectivity index (χ3n) is 2.65. The maximum absolute atomic E-state index is 5.83. The number of benzene rings is 1. The minimum Gasteiger partial charge on any atom is -0.361 e. The van der Waals surface area contributed by atoms with Gasteiger partial charge in [-0.05, 0) is 42.8 Å². The van der Waals surface area contributed by atoms with Gasteiger partial charge >= 0.3 is 0 Å². The van der Waals surface area contributed by atoms with Crippen LogP contribution in [-0.2, 0) is 0 Å². The van der Waals surface area contributed by atoms with Crippen LogP contribution in [-0.4, -0.2) is 15.0 Å². The van der Waals surface area contributed by atoms with Crippen molar-refractivity contribution < 1.29 is 0 Å². The average Bonchev–Trinajstić information content (AvgIpc) is 2.74. The van der Waals surface area contributed by atoms with Crippen molar-refractivity contribution in [1.82, 2.24) is 15.0 Å². The largest absolute Gasteiger partial charge is 0.361 e. The van der Waals surface area contributed by atoms with E-state index in [0.29, 0.717) is 5.82 Å². The number of fused-ring (bicyclic) bond motifs is 1. The van der Waals surface area contributed by atoms with E-state index in [1.807, 2.05) is 37.4 Å². The molecule has 2 aromatic heterocycles. The van der Waals surface area contributed by atoms with Crippen LogP contribution in [0.2, 0.25) is 5.28 Å². The Balaban J connectivity index is 1.95. The number of anilines is 2. The predicted molar refractivity (Wildman–Crippen MR) is 73.4 cm³/mol. The Labute approximate surface area is 109 Å². The molecule has 0 fully saturated rings. The molecule has 0 aliphatic rings. The number of rotatable bonds is 2. The maximum atomic E-state index is 5.83. The highest BCUT2D eigenvalue weighted by atomic mass is 35.5. The molecule has 1 aromatic carbocycles. The van der Waals surface area contributed by atoms with Crippen molar-refractivity contribution in [3.63, 3.8) is 0 Å². The minimum atomic E-state index is 0.250. The fourth-order valence-electron chi connectivity index (χ4n) is 1.88. The Morgan fingerprint density at radius 2 is 2.06 bits per heavy atom. The lowest BCUT2D eigenvalue weighted by Crippen LogP contribution is -1.96. The molecule has 0 unspecified atom stereocenters. The van der Waals surface area contributed by atoms with E-state index in [4.69, 9.17) is 11.6 Å². The van der Waals surface area contributed by atoms with E-state index < -0.39 is 0 Å². The Kier molecular flexibility index (Phi) is 2.64.